The molecule has 2 amide bonds. The highest BCUT2D eigenvalue weighted by atomic mass is 32.2. The summed E-state index contributed by atoms with van der Waals surface area (Å²) in [6.07, 6.45) is 1.54. The van der Waals surface area contributed by atoms with Crippen molar-refractivity contribution < 1.29 is 14.5 Å². The van der Waals surface area contributed by atoms with Crippen LogP contribution in [0.5, 0.6) is 0 Å². The van der Waals surface area contributed by atoms with Crippen molar-refractivity contribution in [3.05, 3.63) is 38.8 Å². The lowest BCUT2D eigenvalue weighted by molar-refractivity contribution is -0.384. The number of thioether (sulfide) groups is 1. The van der Waals surface area contributed by atoms with E-state index < -0.39 is 4.92 Å². The fraction of sp³-hybridized carbons (Fsp3) is 0.412. The van der Waals surface area contributed by atoms with Gasteiger partial charge in [-0.1, -0.05) is 6.07 Å². The number of carbonyl (C=O) groups is 2. The molecule has 26 heavy (non-hydrogen) atoms. The Kier molecular flexibility index (Phi) is 5.28. The van der Waals surface area contributed by atoms with Crippen molar-refractivity contribution in [2.75, 3.05) is 44.7 Å². The monoisotopic (exact) mass is 376 g/mol. The van der Waals surface area contributed by atoms with Crippen LogP contribution in [0.15, 0.2) is 23.1 Å². The molecule has 0 radical (unpaired) electrons. The van der Waals surface area contributed by atoms with E-state index in [2.05, 4.69) is 4.90 Å². The molecule has 1 aromatic carbocycles. The highest BCUT2D eigenvalue weighted by molar-refractivity contribution is 8.18. The first-order valence-electron chi connectivity index (χ1n) is 8.38. The van der Waals surface area contributed by atoms with Crippen molar-refractivity contribution in [3.8, 4) is 0 Å². The minimum absolute atomic E-state index is 0.0121. The molecule has 2 aliphatic rings. The van der Waals surface area contributed by atoms with Gasteiger partial charge in [0.15, 0.2) is 0 Å². The second kappa shape index (κ2) is 7.46. The van der Waals surface area contributed by atoms with Crippen LogP contribution >= 0.6 is 11.8 Å². The first-order valence-corrected chi connectivity index (χ1v) is 9.19. The Morgan fingerprint density at radius 3 is 2.50 bits per heavy atom. The second-order valence-electron chi connectivity index (χ2n) is 6.22. The van der Waals surface area contributed by atoms with Gasteiger partial charge in [0, 0.05) is 38.8 Å². The third-order valence-electron chi connectivity index (χ3n) is 4.53. The van der Waals surface area contributed by atoms with Crippen LogP contribution in [0, 0.1) is 10.1 Å². The van der Waals surface area contributed by atoms with Crippen molar-refractivity contribution in [2.24, 2.45) is 0 Å². The van der Waals surface area contributed by atoms with Crippen LogP contribution < -0.4 is 4.90 Å². The lowest BCUT2D eigenvalue weighted by Gasteiger charge is -2.33. The first-order chi connectivity index (χ1) is 12.4. The number of rotatable bonds is 4. The smallest absolute Gasteiger partial charge is 0.293 e. The number of hydrogen-bond acceptors (Lipinski definition) is 7. The van der Waals surface area contributed by atoms with E-state index in [1.807, 2.05) is 11.9 Å². The molecule has 9 heteroatoms. The molecule has 0 unspecified atom stereocenters. The van der Waals surface area contributed by atoms with E-state index in [1.54, 1.807) is 25.1 Å². The van der Waals surface area contributed by atoms with Gasteiger partial charge < -0.3 is 9.80 Å². The van der Waals surface area contributed by atoms with Crippen molar-refractivity contribution in [3.63, 3.8) is 0 Å². The van der Waals surface area contributed by atoms with Crippen LogP contribution in [0.4, 0.5) is 16.2 Å². The van der Waals surface area contributed by atoms with Gasteiger partial charge in [-0.05, 0) is 43.4 Å². The van der Waals surface area contributed by atoms with Crippen molar-refractivity contribution in [2.45, 2.75) is 6.92 Å². The Morgan fingerprint density at radius 2 is 1.92 bits per heavy atom. The third kappa shape index (κ3) is 3.58. The quantitative estimate of drug-likeness (QED) is 0.453. The summed E-state index contributed by atoms with van der Waals surface area (Å²) in [7, 11) is 2.03. The number of piperazine rings is 1. The summed E-state index contributed by atoms with van der Waals surface area (Å²) in [5.74, 6) is -0.353. The predicted octanol–water partition coefficient (Wildman–Crippen LogP) is 2.40. The molecule has 2 heterocycles. The van der Waals surface area contributed by atoms with E-state index in [0.717, 1.165) is 42.8 Å². The Bertz CT molecular complexity index is 787. The summed E-state index contributed by atoms with van der Waals surface area (Å²) in [6.45, 7) is 5.20. The van der Waals surface area contributed by atoms with E-state index in [4.69, 9.17) is 0 Å². The van der Waals surface area contributed by atoms with Crippen LogP contribution in [-0.4, -0.2) is 65.6 Å². The largest absolute Gasteiger partial charge is 0.363 e. The van der Waals surface area contributed by atoms with Crippen LogP contribution in [0.2, 0.25) is 0 Å². The molecule has 2 fully saturated rings. The number of nitro benzene ring substituents is 1. The van der Waals surface area contributed by atoms with Crippen molar-refractivity contribution in [1.82, 2.24) is 9.80 Å². The molecular formula is C17H20N4O4S. The molecule has 2 aliphatic heterocycles. The number of nitro groups is 1. The van der Waals surface area contributed by atoms with Crippen molar-refractivity contribution in [1.29, 1.82) is 0 Å². The van der Waals surface area contributed by atoms with Gasteiger partial charge >= 0.3 is 0 Å². The molecule has 1 aromatic rings. The number of anilines is 1. The summed E-state index contributed by atoms with van der Waals surface area (Å²) < 4.78 is 0. The van der Waals surface area contributed by atoms with E-state index in [0.29, 0.717) is 22.7 Å². The predicted molar refractivity (Wildman–Crippen MR) is 101 cm³/mol. The normalized spacial score (nSPS) is 20.3. The summed E-state index contributed by atoms with van der Waals surface area (Å²) in [5.41, 5.74) is 1.14. The average molecular weight is 376 g/mol. The van der Waals surface area contributed by atoms with Crippen LogP contribution in [0.1, 0.15) is 12.5 Å². The zero-order valence-corrected chi connectivity index (χ0v) is 15.5. The number of carbonyl (C=O) groups excluding carboxylic acids is 2. The van der Waals surface area contributed by atoms with Gasteiger partial charge in [-0.3, -0.25) is 24.6 Å². The molecule has 138 valence electrons. The molecule has 2 saturated heterocycles. The molecule has 0 aromatic heterocycles. The fourth-order valence-electron chi connectivity index (χ4n) is 3.02. The zero-order chi connectivity index (χ0) is 18.8. The lowest BCUT2D eigenvalue weighted by Crippen LogP contribution is -2.44. The van der Waals surface area contributed by atoms with Crippen LogP contribution in [-0.2, 0) is 4.79 Å². The highest BCUT2D eigenvalue weighted by Crippen LogP contribution is 2.34. The fourth-order valence-corrected chi connectivity index (χ4v) is 3.92. The van der Waals surface area contributed by atoms with Gasteiger partial charge in [-0.2, -0.15) is 0 Å². The molecule has 8 nitrogen and oxygen atoms in total. The number of imide groups is 1. The Labute approximate surface area is 155 Å². The minimum Gasteiger partial charge on any atom is -0.363 e. The maximum atomic E-state index is 12.2. The maximum absolute atomic E-state index is 12.2. The summed E-state index contributed by atoms with van der Waals surface area (Å²) in [4.78, 5) is 40.8. The zero-order valence-electron chi connectivity index (χ0n) is 14.7. The van der Waals surface area contributed by atoms with Crippen LogP contribution in [0.25, 0.3) is 6.08 Å². The van der Waals surface area contributed by atoms with E-state index >= 15 is 0 Å². The number of nitrogens with zero attached hydrogens (tertiary/aromatic N) is 4. The topological polar surface area (TPSA) is 87.0 Å². The third-order valence-corrected chi connectivity index (χ3v) is 5.44. The van der Waals surface area contributed by atoms with E-state index in [9.17, 15) is 19.7 Å². The maximum Gasteiger partial charge on any atom is 0.293 e. The lowest BCUT2D eigenvalue weighted by atomic mass is 10.1. The average Bonchev–Trinajstić information content (AvgIpc) is 2.88. The van der Waals surface area contributed by atoms with Gasteiger partial charge in [0.2, 0.25) is 0 Å². The van der Waals surface area contributed by atoms with E-state index in [1.165, 1.54) is 6.07 Å². The Balaban J connectivity index is 1.90. The number of amides is 2. The summed E-state index contributed by atoms with van der Waals surface area (Å²) in [6, 6.07) is 4.94. The summed E-state index contributed by atoms with van der Waals surface area (Å²) in [5, 5.41) is 11.2. The minimum atomic E-state index is -0.400. The van der Waals surface area contributed by atoms with E-state index in [-0.39, 0.29) is 16.8 Å². The molecule has 0 bridgehead atoms. The van der Waals surface area contributed by atoms with Crippen LogP contribution in [0.3, 0.4) is 0 Å². The molecule has 0 N–H and O–H groups in total. The molecular weight excluding hydrogens is 356 g/mol. The standard InChI is InChI=1S/C17H20N4O4S/c1-3-20-16(22)15(26-17(20)23)11-12-4-5-13(14(10-12)21(24)25)19-8-6-18(2)7-9-19/h4-5,10-11H,3,6-9H2,1-2H3/b15-11-. The van der Waals surface area contributed by atoms with Gasteiger partial charge in [0.1, 0.15) is 5.69 Å². The Hall–Kier alpha value is -2.39. The SMILES string of the molecule is CCN1C(=O)S/C(=C\c2ccc(N3CCN(C)CC3)c([N+](=O)[O-])c2)C1=O. The highest BCUT2D eigenvalue weighted by Gasteiger charge is 2.33. The van der Waals surface area contributed by atoms with Gasteiger partial charge in [-0.25, -0.2) is 0 Å². The number of hydrogen-bond donors (Lipinski definition) is 0. The molecule has 3 rings (SSSR count). The molecule has 0 aliphatic carbocycles. The molecule has 0 spiro atoms. The molecule has 0 saturated carbocycles. The number of likely N-dealkylation sites (N-methyl/N-ethyl adjacent to an activating group) is 2. The number of benzene rings is 1. The Morgan fingerprint density at radius 1 is 1.23 bits per heavy atom. The van der Waals surface area contributed by atoms with Gasteiger partial charge in [0.25, 0.3) is 16.8 Å². The molecule has 0 atom stereocenters. The summed E-state index contributed by atoms with van der Waals surface area (Å²) >= 11 is 0.861. The van der Waals surface area contributed by atoms with Gasteiger partial charge in [-0.15, -0.1) is 0 Å². The van der Waals surface area contributed by atoms with Crippen molar-refractivity contribution >= 4 is 40.4 Å². The second-order valence-corrected chi connectivity index (χ2v) is 7.21. The van der Waals surface area contributed by atoms with Gasteiger partial charge in [0.05, 0.1) is 9.83 Å². The first kappa shape index (κ1) is 18.4.